The summed E-state index contributed by atoms with van der Waals surface area (Å²) in [6, 6.07) is 4.75. The van der Waals surface area contributed by atoms with Crippen LogP contribution in [0.2, 0.25) is 5.02 Å². The van der Waals surface area contributed by atoms with Gasteiger partial charge in [0, 0.05) is 5.56 Å². The minimum absolute atomic E-state index is 0.255. The Labute approximate surface area is 95.8 Å². The van der Waals surface area contributed by atoms with Gasteiger partial charge in [-0.15, -0.1) is 0 Å². The molecule has 0 spiro atoms. The van der Waals surface area contributed by atoms with Gasteiger partial charge in [-0.1, -0.05) is 49.6 Å². The lowest BCUT2D eigenvalue weighted by Gasteiger charge is -1.99. The van der Waals surface area contributed by atoms with E-state index in [1.54, 1.807) is 18.2 Å². The third kappa shape index (κ3) is 4.05. The minimum Gasteiger partial charge on any atom is -0.206 e. The van der Waals surface area contributed by atoms with Crippen molar-refractivity contribution in [2.45, 2.75) is 32.6 Å². The Balaban J connectivity index is 2.56. The second kappa shape index (κ2) is 6.62. The van der Waals surface area contributed by atoms with Crippen molar-refractivity contribution >= 4 is 17.7 Å². The van der Waals surface area contributed by atoms with Crippen LogP contribution in [0.5, 0.6) is 0 Å². The quantitative estimate of drug-likeness (QED) is 0.615. The lowest BCUT2D eigenvalue weighted by Crippen LogP contribution is -1.82. The van der Waals surface area contributed by atoms with Gasteiger partial charge in [0.2, 0.25) is 0 Å². The molecule has 0 radical (unpaired) electrons. The molecule has 0 aliphatic carbocycles. The molecule has 0 saturated carbocycles. The Morgan fingerprint density at radius 3 is 2.80 bits per heavy atom. The Bertz CT molecular complexity index is 311. The number of halogens is 2. The number of unbranched alkanes of at least 4 members (excludes halogenated alkanes) is 3. The highest BCUT2D eigenvalue weighted by atomic mass is 35.5. The van der Waals surface area contributed by atoms with E-state index in [0.717, 1.165) is 12.8 Å². The number of benzene rings is 1. The van der Waals surface area contributed by atoms with Gasteiger partial charge in [0.25, 0.3) is 0 Å². The molecule has 0 atom stereocenters. The topological polar surface area (TPSA) is 0 Å². The normalized spacial score (nSPS) is 11.1. The number of hydrogen-bond donors (Lipinski definition) is 0. The predicted molar refractivity (Wildman–Crippen MR) is 64.6 cm³/mol. The highest BCUT2D eigenvalue weighted by Gasteiger charge is 2.01. The number of rotatable bonds is 5. The average molecular weight is 227 g/mol. The molecule has 1 rings (SSSR count). The van der Waals surface area contributed by atoms with Gasteiger partial charge in [0.05, 0.1) is 5.02 Å². The van der Waals surface area contributed by atoms with Crippen LogP contribution < -0.4 is 0 Å². The summed E-state index contributed by atoms with van der Waals surface area (Å²) in [5.74, 6) is -0.255. The number of allylic oxidation sites excluding steroid dienone is 1. The zero-order chi connectivity index (χ0) is 11.1. The van der Waals surface area contributed by atoms with E-state index in [1.165, 1.54) is 18.9 Å². The van der Waals surface area contributed by atoms with Gasteiger partial charge in [-0.3, -0.25) is 0 Å². The van der Waals surface area contributed by atoms with Crippen LogP contribution in [0.3, 0.4) is 0 Å². The van der Waals surface area contributed by atoms with Gasteiger partial charge in [0.1, 0.15) is 5.82 Å². The van der Waals surface area contributed by atoms with Crippen molar-refractivity contribution in [1.29, 1.82) is 0 Å². The van der Waals surface area contributed by atoms with Crippen LogP contribution in [-0.2, 0) is 0 Å². The van der Waals surface area contributed by atoms with E-state index >= 15 is 0 Å². The van der Waals surface area contributed by atoms with E-state index in [4.69, 9.17) is 11.6 Å². The van der Waals surface area contributed by atoms with Gasteiger partial charge < -0.3 is 0 Å². The molecule has 2 heteroatoms. The van der Waals surface area contributed by atoms with Crippen molar-refractivity contribution in [2.24, 2.45) is 0 Å². The first-order valence-corrected chi connectivity index (χ1v) is 5.74. The van der Waals surface area contributed by atoms with Crippen molar-refractivity contribution in [1.82, 2.24) is 0 Å². The highest BCUT2D eigenvalue weighted by molar-refractivity contribution is 6.32. The zero-order valence-corrected chi connectivity index (χ0v) is 9.73. The van der Waals surface area contributed by atoms with Crippen molar-refractivity contribution in [3.8, 4) is 0 Å². The molecule has 0 aliphatic rings. The van der Waals surface area contributed by atoms with E-state index in [0.29, 0.717) is 10.6 Å². The third-order valence-electron chi connectivity index (χ3n) is 2.26. The Morgan fingerprint density at radius 1 is 1.33 bits per heavy atom. The lowest BCUT2D eigenvalue weighted by molar-refractivity contribution is 0.625. The van der Waals surface area contributed by atoms with E-state index in [1.807, 2.05) is 6.08 Å². The summed E-state index contributed by atoms with van der Waals surface area (Å²) in [7, 11) is 0. The summed E-state index contributed by atoms with van der Waals surface area (Å²) in [5.41, 5.74) is 0.496. The molecule has 1 aromatic rings. The Kier molecular flexibility index (Phi) is 5.41. The first-order chi connectivity index (χ1) is 7.25. The predicted octanol–water partition coefficient (Wildman–Crippen LogP) is 5.07. The molecule has 1 aromatic carbocycles. The average Bonchev–Trinajstić information content (AvgIpc) is 2.21. The molecule has 0 unspecified atom stereocenters. The van der Waals surface area contributed by atoms with Crippen LogP contribution in [0.15, 0.2) is 24.3 Å². The fourth-order valence-corrected chi connectivity index (χ4v) is 1.61. The first kappa shape index (κ1) is 12.3. The molecule has 0 saturated heterocycles. The fourth-order valence-electron chi connectivity index (χ4n) is 1.38. The second-order valence-electron chi connectivity index (χ2n) is 3.53. The van der Waals surface area contributed by atoms with Gasteiger partial charge >= 0.3 is 0 Å². The van der Waals surface area contributed by atoms with E-state index in [-0.39, 0.29) is 5.82 Å². The highest BCUT2D eigenvalue weighted by Crippen LogP contribution is 2.20. The summed E-state index contributed by atoms with van der Waals surface area (Å²) < 4.78 is 13.3. The molecule has 0 amide bonds. The fraction of sp³-hybridized carbons (Fsp3) is 0.385. The molecule has 82 valence electrons. The maximum atomic E-state index is 13.3. The molecular weight excluding hydrogens is 211 g/mol. The van der Waals surface area contributed by atoms with Crippen LogP contribution in [0.4, 0.5) is 4.39 Å². The first-order valence-electron chi connectivity index (χ1n) is 5.36. The maximum Gasteiger partial charge on any atom is 0.131 e. The van der Waals surface area contributed by atoms with Gasteiger partial charge in [-0.25, -0.2) is 4.39 Å². The van der Waals surface area contributed by atoms with Crippen LogP contribution in [0.25, 0.3) is 6.08 Å². The molecule has 0 aromatic heterocycles. The maximum absolute atomic E-state index is 13.3. The number of hydrogen-bond acceptors (Lipinski definition) is 0. The smallest absolute Gasteiger partial charge is 0.131 e. The third-order valence-corrected chi connectivity index (χ3v) is 2.59. The molecule has 0 nitrogen and oxygen atoms in total. The Hall–Kier alpha value is -0.820. The summed E-state index contributed by atoms with van der Waals surface area (Å²) >= 11 is 5.88. The van der Waals surface area contributed by atoms with Crippen molar-refractivity contribution in [2.75, 3.05) is 0 Å². The molecule has 15 heavy (non-hydrogen) atoms. The second-order valence-corrected chi connectivity index (χ2v) is 3.94. The Morgan fingerprint density at radius 2 is 2.13 bits per heavy atom. The van der Waals surface area contributed by atoms with Crippen LogP contribution >= 0.6 is 11.6 Å². The van der Waals surface area contributed by atoms with Crippen LogP contribution in [-0.4, -0.2) is 0 Å². The monoisotopic (exact) mass is 226 g/mol. The molecule has 0 bridgehead atoms. The summed E-state index contributed by atoms with van der Waals surface area (Å²) in [5, 5.41) is 0.474. The van der Waals surface area contributed by atoms with Gasteiger partial charge in [-0.2, -0.15) is 0 Å². The molecule has 0 heterocycles. The summed E-state index contributed by atoms with van der Waals surface area (Å²) in [6.07, 6.45) is 8.31. The van der Waals surface area contributed by atoms with E-state index in [2.05, 4.69) is 6.92 Å². The van der Waals surface area contributed by atoms with Crippen molar-refractivity contribution in [3.63, 3.8) is 0 Å². The van der Waals surface area contributed by atoms with E-state index < -0.39 is 0 Å². The standard InChI is InChI=1S/C13H16ClF/c1-2-3-4-5-6-8-11-12(14)9-7-10-13(11)15/h6-10H,2-5H2,1H3/b8-6+. The van der Waals surface area contributed by atoms with Crippen LogP contribution in [0.1, 0.15) is 38.2 Å². The molecule has 0 aliphatic heterocycles. The van der Waals surface area contributed by atoms with Gasteiger partial charge in [0.15, 0.2) is 0 Å². The van der Waals surface area contributed by atoms with Crippen molar-refractivity contribution in [3.05, 3.63) is 40.7 Å². The van der Waals surface area contributed by atoms with Crippen molar-refractivity contribution < 1.29 is 4.39 Å². The minimum atomic E-state index is -0.255. The largest absolute Gasteiger partial charge is 0.206 e. The molecule has 0 fully saturated rings. The lowest BCUT2D eigenvalue weighted by atomic mass is 10.1. The SMILES string of the molecule is CCCCC/C=C/c1c(F)cccc1Cl. The van der Waals surface area contributed by atoms with E-state index in [9.17, 15) is 4.39 Å². The zero-order valence-electron chi connectivity index (χ0n) is 8.97. The summed E-state index contributed by atoms with van der Waals surface area (Å²) in [6.45, 7) is 2.16. The summed E-state index contributed by atoms with van der Waals surface area (Å²) in [4.78, 5) is 0. The molecule has 0 N–H and O–H groups in total. The van der Waals surface area contributed by atoms with Crippen LogP contribution in [0, 0.1) is 5.82 Å². The molecular formula is C13H16ClF. The van der Waals surface area contributed by atoms with Gasteiger partial charge in [-0.05, 0) is 25.0 Å².